The highest BCUT2D eigenvalue weighted by molar-refractivity contribution is 6.21. The molecule has 1 aliphatic heterocycles. The average molecular weight is 464 g/mol. The summed E-state index contributed by atoms with van der Waals surface area (Å²) in [6, 6.07) is 17.1. The fourth-order valence-electron chi connectivity index (χ4n) is 5.37. The van der Waals surface area contributed by atoms with Crippen molar-refractivity contribution in [3.63, 3.8) is 0 Å². The first-order chi connectivity index (χ1) is 17.0. The molecule has 3 heterocycles. The number of imide groups is 1. The largest absolute Gasteiger partial charge is 0.493 e. The van der Waals surface area contributed by atoms with Gasteiger partial charge in [-0.15, -0.1) is 0 Å². The van der Waals surface area contributed by atoms with Gasteiger partial charge < -0.3 is 9.30 Å². The summed E-state index contributed by atoms with van der Waals surface area (Å²) < 4.78 is 8.33. The second kappa shape index (κ2) is 7.94. The number of fused-ring (bicyclic) bond motifs is 5. The molecule has 0 unspecified atom stereocenters. The lowest BCUT2D eigenvalue weighted by atomic mass is 10.0. The molecule has 0 saturated carbocycles. The predicted molar refractivity (Wildman–Crippen MR) is 137 cm³/mol. The maximum Gasteiger partial charge on any atom is 0.261 e. The quantitative estimate of drug-likeness (QED) is 0.316. The van der Waals surface area contributed by atoms with E-state index in [0.29, 0.717) is 24.2 Å². The number of hydrogen-bond acceptors (Lipinski definition) is 4. The van der Waals surface area contributed by atoms with Crippen LogP contribution in [0.2, 0.25) is 0 Å². The number of carbonyl (C=O) groups is 2. The summed E-state index contributed by atoms with van der Waals surface area (Å²) in [5.41, 5.74) is 4.53. The van der Waals surface area contributed by atoms with Crippen molar-refractivity contribution in [2.45, 2.75) is 26.3 Å². The van der Waals surface area contributed by atoms with Gasteiger partial charge in [-0.05, 0) is 67.3 Å². The van der Waals surface area contributed by atoms with E-state index in [1.54, 1.807) is 24.3 Å². The van der Waals surface area contributed by atoms with Crippen molar-refractivity contribution in [1.29, 1.82) is 0 Å². The summed E-state index contributed by atoms with van der Waals surface area (Å²) in [5.74, 6) is 0.309. The van der Waals surface area contributed by atoms with Gasteiger partial charge in [0.05, 0.1) is 23.3 Å². The van der Waals surface area contributed by atoms with E-state index in [0.717, 1.165) is 22.0 Å². The fourth-order valence-corrected chi connectivity index (χ4v) is 5.37. The van der Waals surface area contributed by atoms with Crippen molar-refractivity contribution in [3.8, 4) is 5.75 Å². The molecule has 3 aromatic carbocycles. The van der Waals surface area contributed by atoms with Crippen LogP contribution in [0.25, 0.3) is 32.6 Å². The first-order valence-corrected chi connectivity index (χ1v) is 11.8. The second-order valence-corrected chi connectivity index (χ2v) is 9.24. The van der Waals surface area contributed by atoms with Gasteiger partial charge in [0.25, 0.3) is 11.8 Å². The van der Waals surface area contributed by atoms with Crippen LogP contribution in [0.4, 0.5) is 0 Å². The summed E-state index contributed by atoms with van der Waals surface area (Å²) in [7, 11) is 2.09. The molecule has 6 heteroatoms. The molecule has 6 nitrogen and oxygen atoms in total. The number of aromatic nitrogens is 2. The molecular formula is C29H25N3O3. The molecule has 35 heavy (non-hydrogen) atoms. The van der Waals surface area contributed by atoms with Crippen molar-refractivity contribution in [1.82, 2.24) is 14.5 Å². The number of nitrogens with zero attached hydrogens (tertiary/aromatic N) is 3. The average Bonchev–Trinajstić information content (AvgIpc) is 3.29. The molecule has 1 aliphatic rings. The maximum absolute atomic E-state index is 12.7. The molecule has 0 radical (unpaired) electrons. The summed E-state index contributed by atoms with van der Waals surface area (Å²) in [6.07, 6.45) is 4.29. The van der Waals surface area contributed by atoms with Crippen molar-refractivity contribution in [3.05, 3.63) is 83.7 Å². The third-order valence-electron chi connectivity index (χ3n) is 7.19. The summed E-state index contributed by atoms with van der Waals surface area (Å²) in [5, 5.41) is 4.62. The summed E-state index contributed by atoms with van der Waals surface area (Å²) in [6.45, 7) is 4.44. The van der Waals surface area contributed by atoms with Gasteiger partial charge >= 0.3 is 0 Å². The SMILES string of the molecule is Cc1c2ccncc2cc2c3cc(OCC[C@H](C)N4C(=O)c5ccccc5C4=O)ccc3n(C)c12. The lowest BCUT2D eigenvalue weighted by Crippen LogP contribution is -2.38. The van der Waals surface area contributed by atoms with Gasteiger partial charge in [0.2, 0.25) is 0 Å². The van der Waals surface area contributed by atoms with Crippen LogP contribution in [-0.4, -0.2) is 38.9 Å². The van der Waals surface area contributed by atoms with Crippen molar-refractivity contribution in [2.24, 2.45) is 7.05 Å². The van der Waals surface area contributed by atoms with Crippen LogP contribution in [0.15, 0.2) is 67.0 Å². The Morgan fingerprint density at radius 2 is 1.69 bits per heavy atom. The minimum atomic E-state index is -0.259. The van der Waals surface area contributed by atoms with Crippen LogP contribution in [0, 0.1) is 6.92 Å². The van der Waals surface area contributed by atoms with Gasteiger partial charge in [-0.2, -0.15) is 0 Å². The van der Waals surface area contributed by atoms with Crippen LogP contribution in [0.5, 0.6) is 5.75 Å². The minimum absolute atomic E-state index is 0.229. The van der Waals surface area contributed by atoms with Crippen LogP contribution in [0.1, 0.15) is 39.6 Å². The number of rotatable bonds is 5. The number of ether oxygens (including phenoxy) is 1. The van der Waals surface area contributed by atoms with E-state index < -0.39 is 0 Å². The van der Waals surface area contributed by atoms with Gasteiger partial charge in [-0.25, -0.2) is 0 Å². The number of benzene rings is 3. The number of hydrogen-bond donors (Lipinski definition) is 0. The van der Waals surface area contributed by atoms with E-state index in [2.05, 4.69) is 47.8 Å². The first kappa shape index (κ1) is 21.4. The predicted octanol–water partition coefficient (Wildman–Crippen LogP) is 5.64. The van der Waals surface area contributed by atoms with Crippen molar-refractivity contribution < 1.29 is 14.3 Å². The standard InChI is InChI=1S/C29H25N3O3/c1-17(32-28(33)22-6-4-5-7-23(22)29(32)34)11-13-35-20-8-9-26-24(15-20)25-14-19-16-30-12-10-21(19)18(2)27(25)31(26)3/h4-10,12,14-17H,11,13H2,1-3H3/t17-/m0/s1. The van der Waals surface area contributed by atoms with Crippen LogP contribution < -0.4 is 4.74 Å². The fraction of sp³-hybridized carbons (Fsp3) is 0.207. The Morgan fingerprint density at radius 1 is 0.943 bits per heavy atom. The van der Waals surface area contributed by atoms with E-state index in [1.165, 1.54) is 26.8 Å². The van der Waals surface area contributed by atoms with Gasteiger partial charge in [0.15, 0.2) is 0 Å². The molecule has 5 aromatic rings. The third-order valence-corrected chi connectivity index (χ3v) is 7.19. The Balaban J connectivity index is 1.25. The van der Waals surface area contributed by atoms with Gasteiger partial charge in [0.1, 0.15) is 5.75 Å². The first-order valence-electron chi connectivity index (χ1n) is 11.8. The highest BCUT2D eigenvalue weighted by Crippen LogP contribution is 2.36. The lowest BCUT2D eigenvalue weighted by molar-refractivity contribution is 0.0579. The molecular weight excluding hydrogens is 438 g/mol. The maximum atomic E-state index is 12.7. The Labute approximate surface area is 202 Å². The van der Waals surface area contributed by atoms with Crippen LogP contribution >= 0.6 is 0 Å². The molecule has 0 fully saturated rings. The summed E-state index contributed by atoms with van der Waals surface area (Å²) in [4.78, 5) is 31.1. The van der Waals surface area contributed by atoms with Gasteiger partial charge in [0, 0.05) is 53.6 Å². The highest BCUT2D eigenvalue weighted by Gasteiger charge is 2.37. The van der Waals surface area contributed by atoms with Gasteiger partial charge in [-0.3, -0.25) is 19.5 Å². The zero-order chi connectivity index (χ0) is 24.3. The molecule has 0 saturated heterocycles. The zero-order valence-electron chi connectivity index (χ0n) is 19.9. The summed E-state index contributed by atoms with van der Waals surface area (Å²) >= 11 is 0. The Bertz CT molecular complexity index is 1630. The Kier molecular flexibility index (Phi) is 4.85. The molecule has 174 valence electrons. The topological polar surface area (TPSA) is 64.4 Å². The van der Waals surface area contributed by atoms with Crippen molar-refractivity contribution >= 4 is 44.4 Å². The highest BCUT2D eigenvalue weighted by atomic mass is 16.5. The Hall–Kier alpha value is -4.19. The monoisotopic (exact) mass is 463 g/mol. The smallest absolute Gasteiger partial charge is 0.261 e. The zero-order valence-corrected chi connectivity index (χ0v) is 19.9. The van der Waals surface area contributed by atoms with Crippen LogP contribution in [-0.2, 0) is 7.05 Å². The van der Waals surface area contributed by atoms with Gasteiger partial charge in [-0.1, -0.05) is 12.1 Å². The molecule has 2 aromatic heterocycles. The van der Waals surface area contributed by atoms with Crippen LogP contribution in [0.3, 0.4) is 0 Å². The van der Waals surface area contributed by atoms with E-state index >= 15 is 0 Å². The number of amides is 2. The molecule has 0 bridgehead atoms. The molecule has 2 amide bonds. The second-order valence-electron chi connectivity index (χ2n) is 9.24. The van der Waals surface area contributed by atoms with E-state index in [4.69, 9.17) is 4.74 Å². The van der Waals surface area contributed by atoms with Crippen molar-refractivity contribution in [2.75, 3.05) is 6.61 Å². The van der Waals surface area contributed by atoms with E-state index in [1.807, 2.05) is 25.4 Å². The number of carbonyl (C=O) groups excluding carboxylic acids is 2. The van der Waals surface area contributed by atoms with E-state index in [9.17, 15) is 9.59 Å². The minimum Gasteiger partial charge on any atom is -0.493 e. The molecule has 1 atom stereocenters. The molecule has 0 spiro atoms. The molecule has 6 rings (SSSR count). The number of pyridine rings is 1. The Morgan fingerprint density at radius 3 is 2.43 bits per heavy atom. The molecule has 0 N–H and O–H groups in total. The third kappa shape index (κ3) is 3.21. The lowest BCUT2D eigenvalue weighted by Gasteiger charge is -2.22. The van der Waals surface area contributed by atoms with E-state index in [-0.39, 0.29) is 17.9 Å². The number of aryl methyl sites for hydroxylation is 2. The normalized spacial score (nSPS) is 14.3. The molecule has 0 aliphatic carbocycles.